The van der Waals surface area contributed by atoms with Gasteiger partial charge in [0.15, 0.2) is 5.65 Å². The van der Waals surface area contributed by atoms with Gasteiger partial charge in [-0.05, 0) is 12.1 Å². The number of aliphatic hydroxyl groups is 1. The maximum atomic E-state index is 11.8. The summed E-state index contributed by atoms with van der Waals surface area (Å²) < 4.78 is 2.98. The highest BCUT2D eigenvalue weighted by Crippen LogP contribution is 2.00. The highest BCUT2D eigenvalue weighted by molar-refractivity contribution is 7.99. The van der Waals surface area contributed by atoms with E-state index in [2.05, 4.69) is 5.10 Å². The maximum absolute atomic E-state index is 11.8. The van der Waals surface area contributed by atoms with Gasteiger partial charge in [0.25, 0.3) is 0 Å². The highest BCUT2D eigenvalue weighted by atomic mass is 32.2. The SMILES string of the molecule is O=c1n(CCSCCO)nc2ccccn12. The predicted octanol–water partition coefficient (Wildman–Crippen LogP) is 0.221. The molecule has 0 aliphatic carbocycles. The Morgan fingerprint density at radius 3 is 3.00 bits per heavy atom. The smallest absolute Gasteiger partial charge is 0.350 e. The van der Waals surface area contributed by atoms with Crippen LogP contribution in [0.25, 0.3) is 5.65 Å². The van der Waals surface area contributed by atoms with E-state index >= 15 is 0 Å². The Kier molecular flexibility index (Phi) is 3.63. The second kappa shape index (κ2) is 5.18. The molecule has 5 nitrogen and oxygen atoms in total. The van der Waals surface area contributed by atoms with E-state index in [0.29, 0.717) is 17.9 Å². The molecule has 0 amide bonds. The van der Waals surface area contributed by atoms with Crippen molar-refractivity contribution in [3.63, 3.8) is 0 Å². The molecule has 0 fully saturated rings. The second-order valence-corrected chi connectivity index (χ2v) is 4.50. The van der Waals surface area contributed by atoms with Crippen LogP contribution in [0, 0.1) is 0 Å². The number of thioether (sulfide) groups is 1. The summed E-state index contributed by atoms with van der Waals surface area (Å²) in [4.78, 5) is 11.8. The quantitative estimate of drug-likeness (QED) is 0.758. The van der Waals surface area contributed by atoms with Crippen LogP contribution < -0.4 is 5.69 Å². The molecule has 0 atom stereocenters. The molecule has 0 saturated carbocycles. The fourth-order valence-electron chi connectivity index (χ4n) is 1.43. The van der Waals surface area contributed by atoms with E-state index in [1.165, 1.54) is 9.08 Å². The Morgan fingerprint density at radius 2 is 2.25 bits per heavy atom. The van der Waals surface area contributed by atoms with Gasteiger partial charge < -0.3 is 5.11 Å². The molecule has 86 valence electrons. The summed E-state index contributed by atoms with van der Waals surface area (Å²) in [5, 5.41) is 12.8. The lowest BCUT2D eigenvalue weighted by molar-refractivity contribution is 0.322. The first-order valence-corrected chi connectivity index (χ1v) is 6.21. The molecule has 2 heterocycles. The Hall–Kier alpha value is -1.27. The summed E-state index contributed by atoms with van der Waals surface area (Å²) in [6.45, 7) is 0.746. The minimum Gasteiger partial charge on any atom is -0.396 e. The normalized spacial score (nSPS) is 11.1. The molecule has 0 aliphatic heterocycles. The largest absolute Gasteiger partial charge is 0.396 e. The van der Waals surface area contributed by atoms with Crippen molar-refractivity contribution < 1.29 is 5.11 Å². The first-order chi connectivity index (χ1) is 7.83. The predicted molar refractivity (Wildman–Crippen MR) is 63.9 cm³/mol. The van der Waals surface area contributed by atoms with Crippen molar-refractivity contribution in [3.8, 4) is 0 Å². The average molecular weight is 239 g/mol. The van der Waals surface area contributed by atoms with Gasteiger partial charge in [0.05, 0.1) is 13.2 Å². The van der Waals surface area contributed by atoms with Gasteiger partial charge in [0, 0.05) is 17.7 Å². The third-order valence-electron chi connectivity index (χ3n) is 2.17. The van der Waals surface area contributed by atoms with Crippen molar-refractivity contribution >= 4 is 17.4 Å². The number of hydrogen-bond acceptors (Lipinski definition) is 4. The van der Waals surface area contributed by atoms with Gasteiger partial charge in [-0.15, -0.1) is 5.10 Å². The lowest BCUT2D eigenvalue weighted by Crippen LogP contribution is -2.22. The summed E-state index contributed by atoms with van der Waals surface area (Å²) >= 11 is 1.61. The Labute approximate surface area is 96.7 Å². The molecule has 2 aromatic heterocycles. The lowest BCUT2D eigenvalue weighted by Gasteiger charge is -1.97. The van der Waals surface area contributed by atoms with Crippen molar-refractivity contribution in [1.29, 1.82) is 0 Å². The van der Waals surface area contributed by atoms with Crippen LogP contribution in [0.4, 0.5) is 0 Å². The first-order valence-electron chi connectivity index (χ1n) is 5.06. The van der Waals surface area contributed by atoms with E-state index in [-0.39, 0.29) is 12.3 Å². The Bertz CT molecular complexity index is 520. The maximum Gasteiger partial charge on any atom is 0.350 e. The van der Waals surface area contributed by atoms with E-state index in [4.69, 9.17) is 5.11 Å². The fraction of sp³-hybridized carbons (Fsp3) is 0.400. The molecule has 0 bridgehead atoms. The molecular weight excluding hydrogens is 226 g/mol. The van der Waals surface area contributed by atoms with E-state index in [1.807, 2.05) is 6.07 Å². The number of hydrogen-bond donors (Lipinski definition) is 1. The monoisotopic (exact) mass is 239 g/mol. The number of aryl methyl sites for hydroxylation is 1. The molecular formula is C10H13N3O2S. The molecule has 0 unspecified atom stereocenters. The summed E-state index contributed by atoms with van der Waals surface area (Å²) in [5.74, 6) is 1.48. The summed E-state index contributed by atoms with van der Waals surface area (Å²) in [5.41, 5.74) is 0.555. The van der Waals surface area contributed by atoms with E-state index < -0.39 is 0 Å². The molecule has 0 aromatic carbocycles. The molecule has 0 radical (unpaired) electrons. The van der Waals surface area contributed by atoms with Gasteiger partial charge in [-0.3, -0.25) is 4.40 Å². The summed E-state index contributed by atoms with van der Waals surface area (Å²) in [7, 11) is 0. The van der Waals surface area contributed by atoms with Gasteiger partial charge in [-0.25, -0.2) is 9.48 Å². The standard InChI is InChI=1S/C10H13N3O2S/c14-6-8-16-7-5-13-10(15)12-4-2-1-3-9(12)11-13/h1-4,14H,5-8H2. The highest BCUT2D eigenvalue weighted by Gasteiger charge is 2.04. The number of nitrogens with zero attached hydrogens (tertiary/aromatic N) is 3. The van der Waals surface area contributed by atoms with Crippen LogP contribution in [0.2, 0.25) is 0 Å². The zero-order chi connectivity index (χ0) is 11.4. The molecule has 0 aliphatic rings. The number of fused-ring (bicyclic) bond motifs is 1. The van der Waals surface area contributed by atoms with E-state index in [0.717, 1.165) is 5.75 Å². The van der Waals surface area contributed by atoms with Crippen LogP contribution >= 0.6 is 11.8 Å². The molecule has 2 rings (SSSR count). The van der Waals surface area contributed by atoms with Gasteiger partial charge >= 0.3 is 5.69 Å². The third-order valence-corrected chi connectivity index (χ3v) is 3.11. The lowest BCUT2D eigenvalue weighted by atomic mass is 10.5. The van der Waals surface area contributed by atoms with Gasteiger partial charge in [0.2, 0.25) is 0 Å². The number of aliphatic hydroxyl groups excluding tert-OH is 1. The zero-order valence-electron chi connectivity index (χ0n) is 8.74. The molecule has 0 spiro atoms. The minimum atomic E-state index is -0.111. The molecule has 1 N–H and O–H groups in total. The van der Waals surface area contributed by atoms with Gasteiger partial charge in [-0.1, -0.05) is 6.07 Å². The van der Waals surface area contributed by atoms with Crippen LogP contribution in [0.15, 0.2) is 29.2 Å². The second-order valence-electron chi connectivity index (χ2n) is 3.27. The van der Waals surface area contributed by atoms with Gasteiger partial charge in [-0.2, -0.15) is 11.8 Å². The van der Waals surface area contributed by atoms with E-state index in [9.17, 15) is 4.79 Å². The van der Waals surface area contributed by atoms with Crippen molar-refractivity contribution in [2.24, 2.45) is 0 Å². The van der Waals surface area contributed by atoms with Crippen molar-refractivity contribution in [2.45, 2.75) is 6.54 Å². The van der Waals surface area contributed by atoms with Crippen LogP contribution in [0.3, 0.4) is 0 Å². The van der Waals surface area contributed by atoms with Crippen LogP contribution in [0.5, 0.6) is 0 Å². The van der Waals surface area contributed by atoms with Crippen LogP contribution in [-0.4, -0.2) is 37.4 Å². The Balaban J connectivity index is 2.13. The average Bonchev–Trinajstić information content (AvgIpc) is 2.63. The minimum absolute atomic E-state index is 0.111. The van der Waals surface area contributed by atoms with E-state index in [1.54, 1.807) is 30.1 Å². The van der Waals surface area contributed by atoms with Crippen LogP contribution in [0.1, 0.15) is 0 Å². The summed E-state index contributed by atoms with van der Waals surface area (Å²) in [6, 6.07) is 5.46. The first kappa shape index (κ1) is 11.2. The topological polar surface area (TPSA) is 59.5 Å². The van der Waals surface area contributed by atoms with Crippen molar-refractivity contribution in [1.82, 2.24) is 14.2 Å². The third kappa shape index (κ3) is 2.28. The molecule has 6 heteroatoms. The molecule has 0 saturated heterocycles. The van der Waals surface area contributed by atoms with Gasteiger partial charge in [0.1, 0.15) is 0 Å². The molecule has 16 heavy (non-hydrogen) atoms. The number of pyridine rings is 1. The Morgan fingerprint density at radius 1 is 1.38 bits per heavy atom. The fourth-order valence-corrected chi connectivity index (χ4v) is 2.07. The number of aromatic nitrogens is 3. The zero-order valence-corrected chi connectivity index (χ0v) is 9.56. The van der Waals surface area contributed by atoms with Crippen molar-refractivity contribution in [3.05, 3.63) is 34.9 Å². The summed E-state index contributed by atoms with van der Waals surface area (Å²) in [6.07, 6.45) is 1.71. The number of rotatable bonds is 5. The van der Waals surface area contributed by atoms with Crippen LogP contribution in [-0.2, 0) is 6.54 Å². The van der Waals surface area contributed by atoms with Crippen molar-refractivity contribution in [2.75, 3.05) is 18.1 Å². The molecule has 2 aromatic rings.